The molecule has 8 saturated carbocycles. The summed E-state index contributed by atoms with van der Waals surface area (Å²) < 4.78 is 20.3. The lowest BCUT2D eigenvalue weighted by molar-refractivity contribution is -0.686. The molecule has 0 saturated heterocycles. The number of hydrogen-bond donors (Lipinski definition) is 1. The van der Waals surface area contributed by atoms with Crippen LogP contribution in [0.3, 0.4) is 0 Å². The van der Waals surface area contributed by atoms with Crippen LogP contribution in [0.5, 0.6) is 0 Å². The molecule has 2 heterocycles. The van der Waals surface area contributed by atoms with E-state index in [0.717, 1.165) is 44.1 Å². The highest BCUT2D eigenvalue weighted by Crippen LogP contribution is 2.59. The molecule has 46 heavy (non-hydrogen) atoms. The first-order valence-electron chi connectivity index (χ1n) is 17.9. The number of nitrogens with zero attached hydrogens (tertiary/aromatic N) is 1. The van der Waals surface area contributed by atoms with Gasteiger partial charge in [0.15, 0.2) is 12.4 Å². The van der Waals surface area contributed by atoms with E-state index in [-0.39, 0.29) is 24.5 Å². The molecule has 1 N–H and O–H groups in total. The minimum atomic E-state index is -0.682. The van der Waals surface area contributed by atoms with Gasteiger partial charge in [0.2, 0.25) is 6.54 Å². The first-order valence-corrected chi connectivity index (χ1v) is 17.9. The number of hydrogen-bond acceptors (Lipinski definition) is 7. The van der Waals surface area contributed by atoms with Crippen molar-refractivity contribution in [2.45, 2.75) is 121 Å². The van der Waals surface area contributed by atoms with E-state index in [4.69, 9.17) is 14.2 Å². The van der Waals surface area contributed by atoms with E-state index >= 15 is 0 Å². The summed E-state index contributed by atoms with van der Waals surface area (Å²) in [4.78, 5) is 41.5. The second kappa shape index (κ2) is 11.2. The van der Waals surface area contributed by atoms with Crippen molar-refractivity contribution >= 4 is 17.9 Å². The van der Waals surface area contributed by atoms with Crippen molar-refractivity contribution in [1.29, 1.82) is 0 Å². The van der Waals surface area contributed by atoms with Gasteiger partial charge in [-0.15, -0.1) is 0 Å². The molecule has 0 unspecified atom stereocenters. The first-order chi connectivity index (χ1) is 22.1. The quantitative estimate of drug-likeness (QED) is 0.221. The van der Waals surface area contributed by atoms with Crippen molar-refractivity contribution in [3.05, 3.63) is 52.6 Å². The van der Waals surface area contributed by atoms with Crippen LogP contribution >= 0.6 is 0 Å². The first kappa shape index (κ1) is 30.2. The molecular weight excluding hydrogens is 580 g/mol. The average molecular weight is 630 g/mol. The zero-order valence-corrected chi connectivity index (χ0v) is 27.6. The molecule has 0 amide bonds. The Morgan fingerprint density at radius 2 is 1.20 bits per heavy atom. The normalized spacial score (nSPS) is 38.5. The number of ether oxygens (including phenoxy) is 3. The zero-order valence-electron chi connectivity index (χ0n) is 27.6. The van der Waals surface area contributed by atoms with Gasteiger partial charge >= 0.3 is 17.9 Å². The van der Waals surface area contributed by atoms with E-state index in [1.165, 1.54) is 38.5 Å². The Hall–Kier alpha value is -3.16. The maximum Gasteiger partial charge on any atom is 0.372 e. The van der Waals surface area contributed by atoms with Crippen molar-refractivity contribution in [2.75, 3.05) is 6.61 Å². The fourth-order valence-electron chi connectivity index (χ4n) is 11.9. The van der Waals surface area contributed by atoms with Crippen LogP contribution in [0.2, 0.25) is 0 Å². The van der Waals surface area contributed by atoms with Crippen LogP contribution in [0.4, 0.5) is 0 Å². The molecule has 10 rings (SSSR count). The third-order valence-electron chi connectivity index (χ3n) is 12.6. The monoisotopic (exact) mass is 629 g/mol. The minimum absolute atomic E-state index is 0.0398. The van der Waals surface area contributed by atoms with E-state index in [0.29, 0.717) is 64.7 Å². The molecule has 0 aromatic carbocycles. The second-order valence-corrected chi connectivity index (χ2v) is 16.2. The highest BCUT2D eigenvalue weighted by Gasteiger charge is 2.56. The Labute approximate surface area is 272 Å². The number of rotatable bonds is 8. The number of dihydropyridines is 1. The SMILES string of the molecule is CCOC(=O)C[n+]1cccc(C2C(C(=O)OC34CC5CC(CC(C5)C3)C4)=C(C)NC(C)=C2C(=O)OC23CC4CC(CC(C4)C2)C3)c1. The molecule has 9 aliphatic rings. The molecule has 0 radical (unpaired) electrons. The average Bonchev–Trinajstić information content (AvgIpc) is 2.95. The van der Waals surface area contributed by atoms with Gasteiger partial charge in [0.1, 0.15) is 11.2 Å². The van der Waals surface area contributed by atoms with Gasteiger partial charge in [0.25, 0.3) is 0 Å². The molecule has 8 heteroatoms. The van der Waals surface area contributed by atoms with E-state index in [1.54, 1.807) is 11.5 Å². The molecule has 1 aliphatic heterocycles. The second-order valence-electron chi connectivity index (χ2n) is 16.2. The topological polar surface area (TPSA) is 94.8 Å². The molecule has 8 aliphatic carbocycles. The smallest absolute Gasteiger partial charge is 0.372 e. The third kappa shape index (κ3) is 5.37. The van der Waals surface area contributed by atoms with Crippen molar-refractivity contribution < 1.29 is 33.2 Å². The molecule has 0 spiro atoms. The molecule has 8 fully saturated rings. The maximum absolute atomic E-state index is 14.5. The third-order valence-corrected chi connectivity index (χ3v) is 12.6. The number of allylic oxidation sites excluding steroid dienone is 2. The maximum atomic E-state index is 14.5. The lowest BCUT2D eigenvalue weighted by atomic mass is 9.54. The summed E-state index contributed by atoms with van der Waals surface area (Å²) in [5, 5.41) is 3.40. The standard InChI is InChI=1S/C38H48N2O6/c1-4-44-31(41)21-40-7-5-6-30(20-40)34-32(35(42)45-37-14-24-8-25(15-37)10-26(9-24)16-37)22(2)39-23(3)33(34)36(43)46-38-17-27-11-28(18-38)13-29(12-27)19-38/h5-7,20,24-29,34H,4,8-19,21H2,1-3H3/p+1. The van der Waals surface area contributed by atoms with Crippen LogP contribution in [-0.4, -0.2) is 35.7 Å². The number of pyridine rings is 1. The van der Waals surface area contributed by atoms with Crippen molar-refractivity contribution in [3.63, 3.8) is 0 Å². The number of nitrogens with one attached hydrogen (secondary N) is 1. The number of aromatic nitrogens is 1. The summed E-state index contributed by atoms with van der Waals surface area (Å²) in [6, 6.07) is 3.81. The molecule has 1 aromatic heterocycles. The minimum Gasteiger partial charge on any atom is -0.461 e. The Morgan fingerprint density at radius 3 is 1.61 bits per heavy atom. The van der Waals surface area contributed by atoms with Crippen LogP contribution in [0.15, 0.2) is 47.1 Å². The molecule has 8 nitrogen and oxygen atoms in total. The Kier molecular flexibility index (Phi) is 7.37. The van der Waals surface area contributed by atoms with E-state index in [9.17, 15) is 14.4 Å². The molecule has 8 bridgehead atoms. The predicted molar refractivity (Wildman–Crippen MR) is 169 cm³/mol. The van der Waals surface area contributed by atoms with Crippen LogP contribution in [0.25, 0.3) is 0 Å². The van der Waals surface area contributed by atoms with Gasteiger partial charge in [-0.25, -0.2) is 14.4 Å². The van der Waals surface area contributed by atoms with Gasteiger partial charge in [-0.1, -0.05) is 0 Å². The highest BCUT2D eigenvalue weighted by atomic mass is 16.6. The lowest BCUT2D eigenvalue weighted by Crippen LogP contribution is -2.53. The van der Waals surface area contributed by atoms with Crippen molar-refractivity contribution in [3.8, 4) is 0 Å². The van der Waals surface area contributed by atoms with Crippen molar-refractivity contribution in [1.82, 2.24) is 5.32 Å². The molecule has 1 aromatic rings. The van der Waals surface area contributed by atoms with Gasteiger partial charge in [-0.2, -0.15) is 4.57 Å². The fourth-order valence-corrected chi connectivity index (χ4v) is 11.9. The van der Waals surface area contributed by atoms with Gasteiger partial charge in [-0.05, 0) is 139 Å². The van der Waals surface area contributed by atoms with Gasteiger partial charge in [0.05, 0.1) is 23.7 Å². The number of carbonyl (C=O) groups is 3. The predicted octanol–water partition coefficient (Wildman–Crippen LogP) is 5.80. The Balaban J connectivity index is 1.14. The van der Waals surface area contributed by atoms with Gasteiger partial charge < -0.3 is 19.5 Å². The lowest BCUT2D eigenvalue weighted by Gasteiger charge is -2.56. The van der Waals surface area contributed by atoms with E-state index < -0.39 is 17.1 Å². The fraction of sp³-hybridized carbons (Fsp3) is 0.684. The largest absolute Gasteiger partial charge is 0.461 e. The summed E-state index contributed by atoms with van der Waals surface area (Å²) in [5.74, 6) is 2.12. The summed E-state index contributed by atoms with van der Waals surface area (Å²) in [5.41, 5.74) is 2.25. The zero-order chi connectivity index (χ0) is 31.8. The molecule has 0 atom stereocenters. The van der Waals surface area contributed by atoms with Crippen molar-refractivity contribution in [2.24, 2.45) is 35.5 Å². The van der Waals surface area contributed by atoms with Crippen LogP contribution in [0, 0.1) is 35.5 Å². The van der Waals surface area contributed by atoms with Crippen LogP contribution in [0.1, 0.15) is 109 Å². The van der Waals surface area contributed by atoms with Gasteiger partial charge in [-0.3, -0.25) is 0 Å². The summed E-state index contributed by atoms with van der Waals surface area (Å²) in [6.45, 7) is 5.95. The summed E-state index contributed by atoms with van der Waals surface area (Å²) in [6.07, 6.45) is 16.9. The highest BCUT2D eigenvalue weighted by molar-refractivity contribution is 6.00. The van der Waals surface area contributed by atoms with Crippen LogP contribution in [-0.2, 0) is 35.1 Å². The summed E-state index contributed by atoms with van der Waals surface area (Å²) >= 11 is 0. The Bertz CT molecular complexity index is 1370. The summed E-state index contributed by atoms with van der Waals surface area (Å²) in [7, 11) is 0. The van der Waals surface area contributed by atoms with Crippen LogP contribution < -0.4 is 9.88 Å². The molecule has 246 valence electrons. The van der Waals surface area contributed by atoms with E-state index in [2.05, 4.69) is 5.32 Å². The number of carbonyl (C=O) groups excluding carboxylic acids is 3. The van der Waals surface area contributed by atoms with E-state index in [1.807, 2.05) is 38.4 Å². The Morgan fingerprint density at radius 1 is 0.761 bits per heavy atom. The number of esters is 3. The van der Waals surface area contributed by atoms with Gasteiger partial charge in [0, 0.05) is 23.0 Å². The molecular formula is C38H49N2O6+.